The minimum Gasteiger partial charge on any atom is -0.487 e. The Kier molecular flexibility index (Phi) is 3.89. The van der Waals surface area contributed by atoms with Crippen LogP contribution in [0.5, 0.6) is 5.75 Å². The van der Waals surface area contributed by atoms with E-state index in [-0.39, 0.29) is 11.5 Å². The molecule has 1 aliphatic rings. The van der Waals surface area contributed by atoms with Gasteiger partial charge in [-0.2, -0.15) is 0 Å². The molecule has 100 valence electrons. The molecule has 1 aromatic rings. The first-order valence-electron chi connectivity index (χ1n) is 5.63. The SMILES string of the molecule is COCc1cccc(OC2CS(=O)(=O)CC2O)c1. The van der Waals surface area contributed by atoms with Crippen LogP contribution in [0.1, 0.15) is 5.56 Å². The van der Waals surface area contributed by atoms with Crippen molar-refractivity contribution < 1.29 is 23.0 Å². The first kappa shape index (κ1) is 13.3. The van der Waals surface area contributed by atoms with E-state index < -0.39 is 22.0 Å². The highest BCUT2D eigenvalue weighted by atomic mass is 32.2. The number of sulfone groups is 1. The van der Waals surface area contributed by atoms with Gasteiger partial charge in [-0.05, 0) is 17.7 Å². The normalized spacial score (nSPS) is 26.1. The summed E-state index contributed by atoms with van der Waals surface area (Å²) in [5.74, 6) is 0.184. The van der Waals surface area contributed by atoms with E-state index in [1.807, 2.05) is 6.07 Å². The summed E-state index contributed by atoms with van der Waals surface area (Å²) in [5.41, 5.74) is 0.936. The third kappa shape index (κ3) is 3.22. The van der Waals surface area contributed by atoms with Crippen molar-refractivity contribution in [2.45, 2.75) is 18.8 Å². The van der Waals surface area contributed by atoms with Crippen LogP contribution < -0.4 is 4.74 Å². The zero-order valence-corrected chi connectivity index (χ0v) is 10.9. The second-order valence-corrected chi connectivity index (χ2v) is 6.53. The standard InChI is InChI=1S/C12H16O5S/c1-16-6-9-3-2-4-10(5-9)17-12-8-18(14,15)7-11(12)13/h2-5,11-13H,6-8H2,1H3. The summed E-state index contributed by atoms with van der Waals surface area (Å²) in [6.45, 7) is 0.461. The van der Waals surface area contributed by atoms with Gasteiger partial charge >= 0.3 is 0 Å². The zero-order valence-electron chi connectivity index (χ0n) is 10.1. The molecule has 0 amide bonds. The molecule has 0 bridgehead atoms. The lowest BCUT2D eigenvalue weighted by Gasteiger charge is -2.16. The van der Waals surface area contributed by atoms with E-state index in [1.165, 1.54) is 0 Å². The molecule has 2 rings (SSSR count). The molecule has 1 heterocycles. The van der Waals surface area contributed by atoms with E-state index in [9.17, 15) is 13.5 Å². The summed E-state index contributed by atoms with van der Waals surface area (Å²) < 4.78 is 33.2. The first-order chi connectivity index (χ1) is 8.50. The largest absolute Gasteiger partial charge is 0.487 e. The Labute approximate surface area is 106 Å². The quantitative estimate of drug-likeness (QED) is 0.857. The van der Waals surface area contributed by atoms with Crippen molar-refractivity contribution in [1.29, 1.82) is 0 Å². The van der Waals surface area contributed by atoms with Crippen LogP contribution in [0.15, 0.2) is 24.3 Å². The van der Waals surface area contributed by atoms with Crippen molar-refractivity contribution in [3.8, 4) is 5.75 Å². The number of rotatable bonds is 4. The summed E-state index contributed by atoms with van der Waals surface area (Å²) in [4.78, 5) is 0. The van der Waals surface area contributed by atoms with E-state index in [1.54, 1.807) is 25.3 Å². The third-order valence-electron chi connectivity index (χ3n) is 2.77. The molecule has 2 atom stereocenters. The molecule has 2 unspecified atom stereocenters. The highest BCUT2D eigenvalue weighted by molar-refractivity contribution is 7.91. The lowest BCUT2D eigenvalue weighted by atomic mass is 10.2. The van der Waals surface area contributed by atoms with Crippen LogP contribution in [0, 0.1) is 0 Å². The van der Waals surface area contributed by atoms with E-state index in [2.05, 4.69) is 0 Å². The van der Waals surface area contributed by atoms with Crippen molar-refractivity contribution >= 4 is 9.84 Å². The van der Waals surface area contributed by atoms with Gasteiger partial charge in [0, 0.05) is 7.11 Å². The third-order valence-corrected chi connectivity index (χ3v) is 4.45. The highest BCUT2D eigenvalue weighted by Crippen LogP contribution is 2.21. The van der Waals surface area contributed by atoms with Crippen LogP contribution in [0.4, 0.5) is 0 Å². The van der Waals surface area contributed by atoms with Gasteiger partial charge in [0.1, 0.15) is 18.0 Å². The topological polar surface area (TPSA) is 72.8 Å². The predicted octanol–water partition coefficient (Wildman–Crippen LogP) is 0.370. The molecule has 1 fully saturated rings. The molecule has 0 aliphatic carbocycles. The van der Waals surface area contributed by atoms with Crippen molar-refractivity contribution in [1.82, 2.24) is 0 Å². The van der Waals surface area contributed by atoms with Crippen molar-refractivity contribution in [2.75, 3.05) is 18.6 Å². The fourth-order valence-electron chi connectivity index (χ4n) is 1.96. The molecule has 0 radical (unpaired) electrons. The number of aliphatic hydroxyl groups excluding tert-OH is 1. The molecule has 18 heavy (non-hydrogen) atoms. The maximum Gasteiger partial charge on any atom is 0.156 e. The summed E-state index contributed by atoms with van der Waals surface area (Å²) in [7, 11) is -1.59. The number of methoxy groups -OCH3 is 1. The molecule has 0 spiro atoms. The van der Waals surface area contributed by atoms with Crippen LogP contribution in [0.25, 0.3) is 0 Å². The Hall–Kier alpha value is -1.11. The molecular weight excluding hydrogens is 256 g/mol. The average molecular weight is 272 g/mol. The lowest BCUT2D eigenvalue weighted by Crippen LogP contribution is -2.29. The average Bonchev–Trinajstić information content (AvgIpc) is 2.53. The lowest BCUT2D eigenvalue weighted by molar-refractivity contribution is 0.0736. The maximum absolute atomic E-state index is 11.4. The molecule has 5 nitrogen and oxygen atoms in total. The van der Waals surface area contributed by atoms with Gasteiger partial charge in [0.2, 0.25) is 0 Å². The van der Waals surface area contributed by atoms with Gasteiger partial charge in [0.25, 0.3) is 0 Å². The van der Waals surface area contributed by atoms with Crippen molar-refractivity contribution in [3.63, 3.8) is 0 Å². The van der Waals surface area contributed by atoms with E-state index >= 15 is 0 Å². The van der Waals surface area contributed by atoms with Gasteiger partial charge in [-0.25, -0.2) is 8.42 Å². The Morgan fingerprint density at radius 3 is 2.78 bits per heavy atom. The van der Waals surface area contributed by atoms with E-state index in [4.69, 9.17) is 9.47 Å². The van der Waals surface area contributed by atoms with Crippen LogP contribution in [-0.4, -0.2) is 44.3 Å². The van der Waals surface area contributed by atoms with Gasteiger partial charge in [-0.3, -0.25) is 0 Å². The summed E-state index contributed by atoms with van der Waals surface area (Å²) >= 11 is 0. The Balaban J connectivity index is 2.08. The number of hydrogen-bond donors (Lipinski definition) is 1. The zero-order chi connectivity index (χ0) is 13.2. The molecule has 1 N–H and O–H groups in total. The molecule has 1 saturated heterocycles. The molecular formula is C12H16O5S. The van der Waals surface area contributed by atoms with Crippen LogP contribution in [0.2, 0.25) is 0 Å². The molecule has 0 saturated carbocycles. The Morgan fingerprint density at radius 1 is 1.39 bits per heavy atom. The Bertz CT molecular complexity index is 511. The minimum atomic E-state index is -3.18. The molecule has 0 aromatic heterocycles. The second-order valence-electron chi connectivity index (χ2n) is 4.38. The number of hydrogen-bond acceptors (Lipinski definition) is 5. The van der Waals surface area contributed by atoms with E-state index in [0.29, 0.717) is 12.4 Å². The molecule has 1 aliphatic heterocycles. The minimum absolute atomic E-state index is 0.136. The van der Waals surface area contributed by atoms with Gasteiger partial charge in [0.05, 0.1) is 18.1 Å². The smallest absolute Gasteiger partial charge is 0.156 e. The molecule has 1 aromatic carbocycles. The summed E-state index contributed by atoms with van der Waals surface area (Å²) in [5, 5.41) is 9.63. The predicted molar refractivity (Wildman–Crippen MR) is 66.2 cm³/mol. The fraction of sp³-hybridized carbons (Fsp3) is 0.500. The monoisotopic (exact) mass is 272 g/mol. The van der Waals surface area contributed by atoms with Crippen LogP contribution in [0.3, 0.4) is 0 Å². The number of aliphatic hydroxyl groups is 1. The number of ether oxygens (including phenoxy) is 2. The Morgan fingerprint density at radius 2 is 2.17 bits per heavy atom. The van der Waals surface area contributed by atoms with Crippen molar-refractivity contribution in [2.24, 2.45) is 0 Å². The van der Waals surface area contributed by atoms with Crippen molar-refractivity contribution in [3.05, 3.63) is 29.8 Å². The fourth-order valence-corrected chi connectivity index (χ4v) is 3.62. The first-order valence-corrected chi connectivity index (χ1v) is 7.45. The second kappa shape index (κ2) is 5.26. The van der Waals surface area contributed by atoms with Gasteiger partial charge in [0.15, 0.2) is 9.84 Å². The maximum atomic E-state index is 11.4. The summed E-state index contributed by atoms with van der Waals surface area (Å²) in [6, 6.07) is 7.20. The van der Waals surface area contributed by atoms with Gasteiger partial charge in [-0.15, -0.1) is 0 Å². The van der Waals surface area contributed by atoms with Crippen LogP contribution in [-0.2, 0) is 21.2 Å². The highest BCUT2D eigenvalue weighted by Gasteiger charge is 2.38. The van der Waals surface area contributed by atoms with Gasteiger partial charge < -0.3 is 14.6 Å². The number of benzene rings is 1. The summed E-state index contributed by atoms with van der Waals surface area (Å²) in [6.07, 6.45) is -1.64. The van der Waals surface area contributed by atoms with E-state index in [0.717, 1.165) is 5.56 Å². The molecule has 6 heteroatoms. The van der Waals surface area contributed by atoms with Gasteiger partial charge in [-0.1, -0.05) is 12.1 Å². The van der Waals surface area contributed by atoms with Crippen LogP contribution >= 0.6 is 0 Å².